The van der Waals surface area contributed by atoms with E-state index in [-0.39, 0.29) is 0 Å². The molecule has 1 aliphatic heterocycles. The van der Waals surface area contributed by atoms with Gasteiger partial charge in [-0.2, -0.15) is 0 Å². The molecule has 1 aromatic heterocycles. The summed E-state index contributed by atoms with van der Waals surface area (Å²) in [5, 5.41) is 3.53. The van der Waals surface area contributed by atoms with Crippen molar-refractivity contribution < 1.29 is 4.74 Å². The molecule has 1 unspecified atom stereocenters. The Kier molecular flexibility index (Phi) is 5.11. The summed E-state index contributed by atoms with van der Waals surface area (Å²) < 4.78 is 5.43. The van der Waals surface area contributed by atoms with E-state index in [4.69, 9.17) is 4.74 Å². The minimum Gasteiger partial charge on any atom is -0.379 e. The van der Waals surface area contributed by atoms with Crippen LogP contribution in [0.5, 0.6) is 0 Å². The van der Waals surface area contributed by atoms with Crippen LogP contribution in [-0.2, 0) is 4.74 Å². The lowest BCUT2D eigenvalue weighted by Crippen LogP contribution is -2.43. The summed E-state index contributed by atoms with van der Waals surface area (Å²) in [6.07, 6.45) is 3.80. The molecular formula is C14H23N3O. The summed E-state index contributed by atoms with van der Waals surface area (Å²) in [5.41, 5.74) is 1.28. The average Bonchev–Trinajstić information content (AvgIpc) is 2.41. The highest BCUT2D eigenvalue weighted by molar-refractivity contribution is 5.15. The molecular weight excluding hydrogens is 226 g/mol. The van der Waals surface area contributed by atoms with Gasteiger partial charge in [0.15, 0.2) is 0 Å². The Balaban J connectivity index is 2.06. The molecule has 4 heteroatoms. The number of aromatic nitrogens is 1. The van der Waals surface area contributed by atoms with Crippen molar-refractivity contribution in [2.45, 2.75) is 25.9 Å². The molecule has 1 fully saturated rings. The summed E-state index contributed by atoms with van der Waals surface area (Å²) in [6, 6.07) is 5.07. The van der Waals surface area contributed by atoms with Gasteiger partial charge in [-0.3, -0.25) is 9.88 Å². The Morgan fingerprint density at radius 2 is 2.17 bits per heavy atom. The molecule has 18 heavy (non-hydrogen) atoms. The molecule has 0 aliphatic carbocycles. The number of hydrogen-bond acceptors (Lipinski definition) is 4. The Morgan fingerprint density at radius 1 is 1.39 bits per heavy atom. The quantitative estimate of drug-likeness (QED) is 0.857. The molecule has 0 saturated carbocycles. The van der Waals surface area contributed by atoms with Crippen molar-refractivity contribution in [1.82, 2.24) is 15.2 Å². The van der Waals surface area contributed by atoms with Crippen LogP contribution < -0.4 is 5.32 Å². The van der Waals surface area contributed by atoms with Crippen molar-refractivity contribution >= 4 is 0 Å². The zero-order valence-electron chi connectivity index (χ0n) is 11.3. The van der Waals surface area contributed by atoms with Crippen LogP contribution in [0.2, 0.25) is 0 Å². The van der Waals surface area contributed by atoms with Gasteiger partial charge in [-0.15, -0.1) is 0 Å². The van der Waals surface area contributed by atoms with Gasteiger partial charge in [0.2, 0.25) is 0 Å². The minimum atomic E-state index is 0.394. The van der Waals surface area contributed by atoms with Crippen molar-refractivity contribution in [2.75, 3.05) is 32.8 Å². The minimum absolute atomic E-state index is 0.394. The van der Waals surface area contributed by atoms with E-state index in [1.165, 1.54) is 5.56 Å². The van der Waals surface area contributed by atoms with E-state index in [0.717, 1.165) is 32.8 Å². The lowest BCUT2D eigenvalue weighted by Gasteiger charge is -2.35. The molecule has 0 bridgehead atoms. The molecule has 100 valence electrons. The third-order valence-electron chi connectivity index (χ3n) is 3.28. The van der Waals surface area contributed by atoms with E-state index in [2.05, 4.69) is 35.1 Å². The van der Waals surface area contributed by atoms with Gasteiger partial charge < -0.3 is 10.1 Å². The van der Waals surface area contributed by atoms with Gasteiger partial charge in [-0.1, -0.05) is 19.9 Å². The van der Waals surface area contributed by atoms with E-state index in [1.807, 2.05) is 18.5 Å². The zero-order chi connectivity index (χ0) is 12.8. The Bertz CT molecular complexity index is 336. The monoisotopic (exact) mass is 249 g/mol. The Morgan fingerprint density at radius 3 is 2.78 bits per heavy atom. The molecule has 1 N–H and O–H groups in total. The van der Waals surface area contributed by atoms with E-state index < -0.39 is 0 Å². The van der Waals surface area contributed by atoms with E-state index in [9.17, 15) is 0 Å². The largest absolute Gasteiger partial charge is 0.379 e. The van der Waals surface area contributed by atoms with Crippen molar-refractivity contribution in [1.29, 1.82) is 0 Å². The first-order chi connectivity index (χ1) is 8.77. The van der Waals surface area contributed by atoms with Crippen LogP contribution in [0, 0.1) is 0 Å². The van der Waals surface area contributed by atoms with Gasteiger partial charge >= 0.3 is 0 Å². The molecule has 1 atom stereocenters. The number of nitrogens with one attached hydrogen (secondary N) is 1. The maximum absolute atomic E-state index is 5.43. The standard InChI is InChI=1S/C14H23N3O/c1-12(2)16-11-14(13-4-3-5-15-10-13)17-6-8-18-9-7-17/h3-5,10,12,14,16H,6-9,11H2,1-2H3. The summed E-state index contributed by atoms with van der Waals surface area (Å²) in [5.74, 6) is 0. The highest BCUT2D eigenvalue weighted by Crippen LogP contribution is 2.20. The molecule has 1 aliphatic rings. The average molecular weight is 249 g/mol. The van der Waals surface area contributed by atoms with Crippen LogP contribution in [0.1, 0.15) is 25.5 Å². The molecule has 0 spiro atoms. The van der Waals surface area contributed by atoms with E-state index >= 15 is 0 Å². The van der Waals surface area contributed by atoms with Gasteiger partial charge in [-0.05, 0) is 11.6 Å². The fourth-order valence-electron chi connectivity index (χ4n) is 2.27. The fraction of sp³-hybridized carbons (Fsp3) is 0.643. The second-order valence-electron chi connectivity index (χ2n) is 5.01. The summed E-state index contributed by atoms with van der Waals surface area (Å²) in [4.78, 5) is 6.72. The molecule has 0 aromatic carbocycles. The molecule has 1 saturated heterocycles. The third kappa shape index (κ3) is 3.77. The number of hydrogen-bond donors (Lipinski definition) is 1. The van der Waals surface area contributed by atoms with E-state index in [1.54, 1.807) is 0 Å². The predicted octanol–water partition coefficient (Wildman–Crippen LogP) is 1.45. The molecule has 4 nitrogen and oxygen atoms in total. The first kappa shape index (κ1) is 13.5. The van der Waals surface area contributed by atoms with Crippen molar-refractivity contribution in [3.05, 3.63) is 30.1 Å². The second-order valence-corrected chi connectivity index (χ2v) is 5.01. The fourth-order valence-corrected chi connectivity index (χ4v) is 2.27. The molecule has 2 rings (SSSR count). The second kappa shape index (κ2) is 6.83. The van der Waals surface area contributed by atoms with Crippen molar-refractivity contribution in [2.24, 2.45) is 0 Å². The first-order valence-corrected chi connectivity index (χ1v) is 6.72. The number of nitrogens with zero attached hydrogens (tertiary/aromatic N) is 2. The molecule has 0 amide bonds. The maximum atomic E-state index is 5.43. The lowest BCUT2D eigenvalue weighted by atomic mass is 10.1. The summed E-state index contributed by atoms with van der Waals surface area (Å²) in [6.45, 7) is 8.98. The van der Waals surface area contributed by atoms with Crippen LogP contribution in [0.25, 0.3) is 0 Å². The van der Waals surface area contributed by atoms with Crippen LogP contribution in [0.3, 0.4) is 0 Å². The summed E-state index contributed by atoms with van der Waals surface area (Å²) >= 11 is 0. The highest BCUT2D eigenvalue weighted by atomic mass is 16.5. The number of ether oxygens (including phenoxy) is 1. The first-order valence-electron chi connectivity index (χ1n) is 6.72. The third-order valence-corrected chi connectivity index (χ3v) is 3.28. The normalized spacial score (nSPS) is 19.1. The Labute approximate surface area is 109 Å². The van der Waals surface area contributed by atoms with Gasteiger partial charge in [0.25, 0.3) is 0 Å². The van der Waals surface area contributed by atoms with Gasteiger partial charge in [0.1, 0.15) is 0 Å². The SMILES string of the molecule is CC(C)NCC(c1cccnc1)N1CCOCC1. The van der Waals surface area contributed by atoms with Gasteiger partial charge in [0, 0.05) is 44.1 Å². The number of rotatable bonds is 5. The number of morpholine rings is 1. The maximum Gasteiger partial charge on any atom is 0.0594 e. The predicted molar refractivity (Wildman–Crippen MR) is 72.5 cm³/mol. The Hall–Kier alpha value is -0.970. The van der Waals surface area contributed by atoms with Gasteiger partial charge in [0.05, 0.1) is 13.2 Å². The molecule has 0 radical (unpaired) electrons. The van der Waals surface area contributed by atoms with Gasteiger partial charge in [-0.25, -0.2) is 0 Å². The highest BCUT2D eigenvalue weighted by Gasteiger charge is 2.22. The molecule has 1 aromatic rings. The topological polar surface area (TPSA) is 37.4 Å². The van der Waals surface area contributed by atoms with E-state index in [0.29, 0.717) is 12.1 Å². The van der Waals surface area contributed by atoms with Crippen LogP contribution in [-0.4, -0.2) is 48.8 Å². The van der Waals surface area contributed by atoms with Crippen LogP contribution >= 0.6 is 0 Å². The lowest BCUT2D eigenvalue weighted by molar-refractivity contribution is 0.0157. The van der Waals surface area contributed by atoms with Crippen LogP contribution in [0.15, 0.2) is 24.5 Å². The van der Waals surface area contributed by atoms with Crippen molar-refractivity contribution in [3.63, 3.8) is 0 Å². The number of pyridine rings is 1. The summed E-state index contributed by atoms with van der Waals surface area (Å²) in [7, 11) is 0. The van der Waals surface area contributed by atoms with Crippen LogP contribution in [0.4, 0.5) is 0 Å². The smallest absolute Gasteiger partial charge is 0.0594 e. The molecule has 2 heterocycles. The van der Waals surface area contributed by atoms with Crippen molar-refractivity contribution in [3.8, 4) is 0 Å². The zero-order valence-corrected chi connectivity index (χ0v) is 11.3.